The van der Waals surface area contributed by atoms with E-state index in [2.05, 4.69) is 0 Å². The molecule has 1 atom stereocenters. The molecule has 2 aromatic carbocycles. The predicted molar refractivity (Wildman–Crippen MR) is 121 cm³/mol. The van der Waals surface area contributed by atoms with E-state index >= 15 is 0 Å². The molecule has 32 heavy (non-hydrogen) atoms. The fraction of sp³-hybridized carbons (Fsp3) is 0.360. The summed E-state index contributed by atoms with van der Waals surface area (Å²) in [6.07, 6.45) is 1.48. The highest BCUT2D eigenvalue weighted by atomic mass is 19.1. The van der Waals surface area contributed by atoms with Gasteiger partial charge in [-0.2, -0.15) is 0 Å². The van der Waals surface area contributed by atoms with Gasteiger partial charge in [-0.05, 0) is 63.3 Å². The van der Waals surface area contributed by atoms with Crippen LogP contribution < -0.4 is 4.74 Å². The van der Waals surface area contributed by atoms with E-state index in [0.29, 0.717) is 36.4 Å². The summed E-state index contributed by atoms with van der Waals surface area (Å²) in [5.74, 6) is -1.54. The number of amides is 1. The van der Waals surface area contributed by atoms with Crippen LogP contribution >= 0.6 is 0 Å². The summed E-state index contributed by atoms with van der Waals surface area (Å²) in [7, 11) is 3.86. The molecule has 7 heteroatoms. The molecule has 0 radical (unpaired) electrons. The number of nitrogens with zero attached hydrogens (tertiary/aromatic N) is 2. The van der Waals surface area contributed by atoms with Crippen molar-refractivity contribution in [1.29, 1.82) is 0 Å². The molecule has 170 valence electrons. The zero-order valence-corrected chi connectivity index (χ0v) is 18.7. The third-order valence-corrected chi connectivity index (χ3v) is 5.31. The minimum atomic E-state index is -0.794. The number of hydrogen-bond acceptors (Lipinski definition) is 5. The van der Waals surface area contributed by atoms with Gasteiger partial charge in [0.1, 0.15) is 17.3 Å². The zero-order valence-electron chi connectivity index (χ0n) is 18.7. The molecular weight excluding hydrogens is 411 g/mol. The third-order valence-electron chi connectivity index (χ3n) is 5.31. The van der Waals surface area contributed by atoms with Crippen LogP contribution in [0, 0.1) is 5.82 Å². The SMILES string of the molecule is CCCOc1cccc(/C(O)=C2/C(=O)C(=O)N(CCCN(C)C)C2c2ccc(F)cc2)c1. The smallest absolute Gasteiger partial charge is 0.295 e. The molecule has 1 N–H and O–H groups in total. The van der Waals surface area contributed by atoms with Crippen molar-refractivity contribution in [3.63, 3.8) is 0 Å². The van der Waals surface area contributed by atoms with Crippen molar-refractivity contribution in [3.8, 4) is 5.75 Å². The van der Waals surface area contributed by atoms with Crippen LogP contribution in [0.4, 0.5) is 4.39 Å². The fourth-order valence-corrected chi connectivity index (χ4v) is 3.77. The Hall–Kier alpha value is -3.19. The van der Waals surface area contributed by atoms with Crippen LogP contribution in [0.15, 0.2) is 54.1 Å². The van der Waals surface area contributed by atoms with Crippen LogP contribution in [-0.4, -0.2) is 60.4 Å². The van der Waals surface area contributed by atoms with Gasteiger partial charge in [0.25, 0.3) is 11.7 Å². The summed E-state index contributed by atoms with van der Waals surface area (Å²) in [5.41, 5.74) is 0.950. The Labute approximate surface area is 187 Å². The number of benzene rings is 2. The van der Waals surface area contributed by atoms with Crippen molar-refractivity contribution >= 4 is 17.4 Å². The number of carbonyl (C=O) groups is 2. The fourth-order valence-electron chi connectivity index (χ4n) is 3.77. The van der Waals surface area contributed by atoms with E-state index in [1.165, 1.54) is 17.0 Å². The second-order valence-electron chi connectivity index (χ2n) is 8.08. The van der Waals surface area contributed by atoms with E-state index in [0.717, 1.165) is 13.0 Å². The van der Waals surface area contributed by atoms with E-state index in [1.54, 1.807) is 36.4 Å². The number of halogens is 1. The molecular formula is C25H29FN2O4. The first-order valence-electron chi connectivity index (χ1n) is 10.7. The lowest BCUT2D eigenvalue weighted by Crippen LogP contribution is -2.32. The van der Waals surface area contributed by atoms with Gasteiger partial charge in [-0.1, -0.05) is 31.2 Å². The Morgan fingerprint density at radius 2 is 1.88 bits per heavy atom. The first kappa shape index (κ1) is 23.5. The van der Waals surface area contributed by atoms with Crippen LogP contribution in [0.2, 0.25) is 0 Å². The van der Waals surface area contributed by atoms with Crippen molar-refractivity contribution < 1.29 is 23.8 Å². The molecule has 1 amide bonds. The van der Waals surface area contributed by atoms with Gasteiger partial charge in [-0.25, -0.2) is 4.39 Å². The van der Waals surface area contributed by atoms with Crippen molar-refractivity contribution in [2.45, 2.75) is 25.8 Å². The van der Waals surface area contributed by atoms with Crippen LogP contribution in [0.25, 0.3) is 5.76 Å². The first-order chi connectivity index (χ1) is 15.3. The molecule has 0 saturated carbocycles. The van der Waals surface area contributed by atoms with Crippen LogP contribution in [0.1, 0.15) is 36.9 Å². The van der Waals surface area contributed by atoms with Crippen LogP contribution in [0.5, 0.6) is 5.75 Å². The minimum Gasteiger partial charge on any atom is -0.507 e. The maximum Gasteiger partial charge on any atom is 0.295 e. The topological polar surface area (TPSA) is 70.1 Å². The minimum absolute atomic E-state index is 0.000831. The van der Waals surface area contributed by atoms with Gasteiger partial charge in [0, 0.05) is 12.1 Å². The normalized spacial score (nSPS) is 17.9. The highest BCUT2D eigenvalue weighted by molar-refractivity contribution is 6.46. The largest absolute Gasteiger partial charge is 0.507 e. The van der Waals surface area contributed by atoms with E-state index in [9.17, 15) is 19.1 Å². The number of likely N-dealkylation sites (tertiary alicyclic amines) is 1. The predicted octanol–water partition coefficient (Wildman–Crippen LogP) is 3.99. The molecule has 1 aliphatic heterocycles. The Bertz CT molecular complexity index is 1000. The second kappa shape index (κ2) is 10.4. The summed E-state index contributed by atoms with van der Waals surface area (Å²) in [5, 5.41) is 11.1. The third kappa shape index (κ3) is 5.16. The Morgan fingerprint density at radius 1 is 1.16 bits per heavy atom. The molecule has 1 unspecified atom stereocenters. The molecule has 6 nitrogen and oxygen atoms in total. The summed E-state index contributed by atoms with van der Waals surface area (Å²) in [6.45, 7) is 3.58. The lowest BCUT2D eigenvalue weighted by molar-refractivity contribution is -0.139. The zero-order chi connectivity index (χ0) is 23.3. The maximum absolute atomic E-state index is 13.6. The van der Waals surface area contributed by atoms with E-state index < -0.39 is 23.5 Å². The maximum atomic E-state index is 13.6. The van der Waals surface area contributed by atoms with Crippen molar-refractivity contribution in [1.82, 2.24) is 9.80 Å². The van der Waals surface area contributed by atoms with Gasteiger partial charge in [0.05, 0.1) is 18.2 Å². The van der Waals surface area contributed by atoms with Crippen molar-refractivity contribution in [3.05, 3.63) is 71.0 Å². The molecule has 0 aromatic heterocycles. The van der Waals surface area contributed by atoms with E-state index in [4.69, 9.17) is 4.74 Å². The van der Waals surface area contributed by atoms with Gasteiger partial charge in [-0.3, -0.25) is 9.59 Å². The van der Waals surface area contributed by atoms with E-state index in [-0.39, 0.29) is 11.3 Å². The average molecular weight is 441 g/mol. The number of carbonyl (C=O) groups excluding carboxylic acids is 2. The number of rotatable bonds is 9. The average Bonchev–Trinajstić information content (AvgIpc) is 3.02. The molecule has 0 bridgehead atoms. The number of ether oxygens (including phenoxy) is 1. The molecule has 0 aliphatic carbocycles. The standard InChI is InChI=1S/C25H29FN2O4/c1-4-15-32-20-8-5-7-18(16-20)23(29)21-22(17-9-11-19(26)12-10-17)28(25(31)24(21)30)14-6-13-27(2)3/h5,7-12,16,22,29H,4,6,13-15H2,1-3H3/b23-21-. The first-order valence-corrected chi connectivity index (χ1v) is 10.7. The van der Waals surface area contributed by atoms with Crippen LogP contribution in [0.3, 0.4) is 0 Å². The Kier molecular flexibility index (Phi) is 7.64. The summed E-state index contributed by atoms with van der Waals surface area (Å²) in [4.78, 5) is 29.4. The Balaban J connectivity index is 2.05. The van der Waals surface area contributed by atoms with Crippen LogP contribution in [-0.2, 0) is 9.59 Å². The lowest BCUT2D eigenvalue weighted by atomic mass is 9.95. The quantitative estimate of drug-likeness (QED) is 0.363. The van der Waals surface area contributed by atoms with Crippen molar-refractivity contribution in [2.24, 2.45) is 0 Å². The molecule has 1 saturated heterocycles. The van der Waals surface area contributed by atoms with E-state index in [1.807, 2.05) is 25.9 Å². The number of aliphatic hydroxyl groups is 1. The number of hydrogen-bond donors (Lipinski definition) is 1. The number of Topliss-reactive ketones (excluding diaryl/α,β-unsaturated/α-hetero) is 1. The highest BCUT2D eigenvalue weighted by Crippen LogP contribution is 2.39. The monoisotopic (exact) mass is 440 g/mol. The van der Waals surface area contributed by atoms with Gasteiger partial charge < -0.3 is 19.6 Å². The van der Waals surface area contributed by atoms with Gasteiger partial charge in [0.15, 0.2) is 0 Å². The van der Waals surface area contributed by atoms with Gasteiger partial charge >= 0.3 is 0 Å². The summed E-state index contributed by atoms with van der Waals surface area (Å²) in [6, 6.07) is 11.7. The summed E-state index contributed by atoms with van der Waals surface area (Å²) < 4.78 is 19.2. The lowest BCUT2D eigenvalue weighted by Gasteiger charge is -2.26. The molecule has 0 spiro atoms. The molecule has 3 rings (SSSR count). The second-order valence-corrected chi connectivity index (χ2v) is 8.08. The number of aliphatic hydroxyl groups excluding tert-OH is 1. The van der Waals surface area contributed by atoms with Gasteiger partial charge in [-0.15, -0.1) is 0 Å². The van der Waals surface area contributed by atoms with Crippen molar-refractivity contribution in [2.75, 3.05) is 33.8 Å². The Morgan fingerprint density at radius 3 is 2.53 bits per heavy atom. The molecule has 1 heterocycles. The summed E-state index contributed by atoms with van der Waals surface area (Å²) >= 11 is 0. The number of ketones is 1. The molecule has 1 aliphatic rings. The van der Waals surface area contributed by atoms with Gasteiger partial charge in [0.2, 0.25) is 0 Å². The highest BCUT2D eigenvalue weighted by Gasteiger charge is 2.45. The molecule has 2 aromatic rings. The molecule has 1 fully saturated rings.